The van der Waals surface area contributed by atoms with E-state index >= 15 is 0 Å². The molecule has 0 aromatic heterocycles. The molecule has 4 N–H and O–H groups in total. The monoisotopic (exact) mass is 299 g/mol. The number of rotatable bonds is 6. The molecule has 7 nitrogen and oxygen atoms in total. The summed E-state index contributed by atoms with van der Waals surface area (Å²) in [4.78, 5) is 11.9. The van der Waals surface area contributed by atoms with Crippen LogP contribution in [0.3, 0.4) is 0 Å². The average molecular weight is 299 g/mol. The van der Waals surface area contributed by atoms with Crippen LogP contribution in [0.15, 0.2) is 34.3 Å². The summed E-state index contributed by atoms with van der Waals surface area (Å²) in [5.41, 5.74) is 5.56. The van der Waals surface area contributed by atoms with Gasteiger partial charge < -0.3 is 16.3 Å². The summed E-state index contributed by atoms with van der Waals surface area (Å²) >= 11 is 0. The number of sulfone groups is 1. The molecule has 0 radical (unpaired) electrons. The predicted molar refractivity (Wildman–Crippen MR) is 74.5 cm³/mol. The number of nitrogens with two attached hydrogens (primary N) is 1. The first kappa shape index (κ1) is 16.0. The van der Waals surface area contributed by atoms with E-state index < -0.39 is 9.84 Å². The zero-order valence-electron chi connectivity index (χ0n) is 11.0. The fourth-order valence-electron chi connectivity index (χ4n) is 1.49. The van der Waals surface area contributed by atoms with Gasteiger partial charge in [0.15, 0.2) is 9.84 Å². The molecule has 0 bridgehead atoms. The molecule has 0 saturated heterocycles. The molecule has 0 heterocycles. The van der Waals surface area contributed by atoms with Crippen molar-refractivity contribution in [3.63, 3.8) is 0 Å². The lowest BCUT2D eigenvalue weighted by Crippen LogP contribution is -2.25. The van der Waals surface area contributed by atoms with Crippen LogP contribution < -0.4 is 11.1 Å². The third-order valence-electron chi connectivity index (χ3n) is 2.55. The summed E-state index contributed by atoms with van der Waals surface area (Å²) < 4.78 is 22.8. The summed E-state index contributed by atoms with van der Waals surface area (Å²) in [6.07, 6.45) is 1.97. The van der Waals surface area contributed by atoms with Crippen molar-refractivity contribution in [3.05, 3.63) is 29.8 Å². The van der Waals surface area contributed by atoms with Gasteiger partial charge in [-0.2, -0.15) is 0 Å². The van der Waals surface area contributed by atoms with E-state index in [2.05, 4.69) is 10.5 Å². The Morgan fingerprint density at radius 2 is 2.15 bits per heavy atom. The highest BCUT2D eigenvalue weighted by Gasteiger charge is 2.11. The Kier molecular flexibility index (Phi) is 5.51. The molecule has 0 saturated carbocycles. The largest absolute Gasteiger partial charge is 0.409 e. The summed E-state index contributed by atoms with van der Waals surface area (Å²) in [6, 6.07) is 5.81. The topological polar surface area (TPSA) is 122 Å². The second-order valence-corrected chi connectivity index (χ2v) is 6.27. The van der Waals surface area contributed by atoms with Gasteiger partial charge >= 0.3 is 0 Å². The molecular formula is C12H17N3O4S. The van der Waals surface area contributed by atoms with Gasteiger partial charge in [0.05, 0.1) is 4.90 Å². The SMILES string of the molecule is CS(=O)(=O)c1cccc(C(=O)NCCCC(N)=NO)c1. The number of amides is 1. The van der Waals surface area contributed by atoms with E-state index in [9.17, 15) is 13.2 Å². The number of benzene rings is 1. The number of nitrogens with zero attached hydrogens (tertiary/aromatic N) is 1. The average Bonchev–Trinajstić information content (AvgIpc) is 2.42. The minimum absolute atomic E-state index is 0.0957. The molecule has 1 aromatic carbocycles. The fourth-order valence-corrected chi connectivity index (χ4v) is 2.16. The standard InChI is InChI=1S/C12H17N3O4S/c1-20(18,19)10-5-2-4-9(8-10)12(16)14-7-3-6-11(13)15-17/h2,4-5,8,17H,3,6-7H2,1H3,(H2,13,15)(H,14,16). The third-order valence-corrected chi connectivity index (χ3v) is 3.66. The van der Waals surface area contributed by atoms with Crippen molar-refractivity contribution >= 4 is 21.6 Å². The van der Waals surface area contributed by atoms with Crippen LogP contribution in [0, 0.1) is 0 Å². The van der Waals surface area contributed by atoms with Crippen LogP contribution in [-0.2, 0) is 9.84 Å². The highest BCUT2D eigenvalue weighted by Crippen LogP contribution is 2.11. The first-order chi connectivity index (χ1) is 9.34. The van der Waals surface area contributed by atoms with E-state index in [0.29, 0.717) is 19.4 Å². The van der Waals surface area contributed by atoms with E-state index in [1.165, 1.54) is 24.3 Å². The maximum Gasteiger partial charge on any atom is 0.251 e. The van der Waals surface area contributed by atoms with Gasteiger partial charge in [-0.25, -0.2) is 8.42 Å². The maximum absolute atomic E-state index is 11.8. The summed E-state index contributed by atoms with van der Waals surface area (Å²) in [5, 5.41) is 13.8. The van der Waals surface area contributed by atoms with Gasteiger partial charge in [-0.15, -0.1) is 0 Å². The van der Waals surface area contributed by atoms with Crippen LogP contribution in [0.2, 0.25) is 0 Å². The van der Waals surface area contributed by atoms with E-state index in [1.54, 1.807) is 0 Å². The quantitative estimate of drug-likeness (QED) is 0.230. The minimum atomic E-state index is -3.34. The molecule has 1 amide bonds. The van der Waals surface area contributed by atoms with Gasteiger partial charge in [0.2, 0.25) is 0 Å². The van der Waals surface area contributed by atoms with E-state index in [1.807, 2.05) is 0 Å². The zero-order chi connectivity index (χ0) is 15.2. The highest BCUT2D eigenvalue weighted by molar-refractivity contribution is 7.90. The van der Waals surface area contributed by atoms with Crippen molar-refractivity contribution in [1.29, 1.82) is 0 Å². The van der Waals surface area contributed by atoms with Gasteiger partial charge in [0, 0.05) is 24.8 Å². The molecule has 0 atom stereocenters. The molecule has 1 aromatic rings. The Labute approximate surface area is 117 Å². The molecule has 0 aliphatic carbocycles. The van der Waals surface area contributed by atoms with Crippen molar-refractivity contribution < 1.29 is 18.4 Å². The fraction of sp³-hybridized carbons (Fsp3) is 0.333. The second-order valence-electron chi connectivity index (χ2n) is 4.25. The predicted octanol–water partition coefficient (Wildman–Crippen LogP) is 0.347. The molecule has 0 spiro atoms. The number of nitrogens with one attached hydrogen (secondary N) is 1. The Balaban J connectivity index is 2.60. The lowest BCUT2D eigenvalue weighted by molar-refractivity contribution is 0.0953. The molecule has 20 heavy (non-hydrogen) atoms. The number of amidine groups is 1. The molecule has 110 valence electrons. The number of hydrogen-bond donors (Lipinski definition) is 3. The van der Waals surface area contributed by atoms with Gasteiger partial charge in [-0.3, -0.25) is 4.79 Å². The molecule has 0 aliphatic heterocycles. The summed E-state index contributed by atoms with van der Waals surface area (Å²) in [5.74, 6) is -0.270. The molecule has 0 fully saturated rings. The van der Waals surface area contributed by atoms with Crippen molar-refractivity contribution in [2.45, 2.75) is 17.7 Å². The molecule has 8 heteroatoms. The maximum atomic E-state index is 11.8. The Morgan fingerprint density at radius 3 is 2.75 bits per heavy atom. The van der Waals surface area contributed by atoms with Crippen LogP contribution in [-0.4, -0.2) is 38.2 Å². The van der Waals surface area contributed by atoms with E-state index in [0.717, 1.165) is 6.26 Å². The Bertz CT molecular complexity index is 611. The van der Waals surface area contributed by atoms with Crippen LogP contribution in [0.5, 0.6) is 0 Å². The van der Waals surface area contributed by atoms with Crippen LogP contribution in [0.25, 0.3) is 0 Å². The summed E-state index contributed by atoms with van der Waals surface area (Å²) in [7, 11) is -3.34. The Hall–Kier alpha value is -2.09. The minimum Gasteiger partial charge on any atom is -0.409 e. The lowest BCUT2D eigenvalue weighted by Gasteiger charge is -2.06. The lowest BCUT2D eigenvalue weighted by atomic mass is 10.2. The molecule has 0 unspecified atom stereocenters. The number of carbonyl (C=O) groups excluding carboxylic acids is 1. The smallest absolute Gasteiger partial charge is 0.251 e. The van der Waals surface area contributed by atoms with Crippen LogP contribution >= 0.6 is 0 Å². The first-order valence-electron chi connectivity index (χ1n) is 5.89. The van der Waals surface area contributed by atoms with Crippen LogP contribution in [0.4, 0.5) is 0 Å². The first-order valence-corrected chi connectivity index (χ1v) is 7.78. The second kappa shape index (κ2) is 6.90. The van der Waals surface area contributed by atoms with Crippen LogP contribution in [0.1, 0.15) is 23.2 Å². The summed E-state index contributed by atoms with van der Waals surface area (Å²) in [6.45, 7) is 0.345. The number of oxime groups is 1. The van der Waals surface area contributed by atoms with E-state index in [4.69, 9.17) is 10.9 Å². The van der Waals surface area contributed by atoms with Gasteiger partial charge in [0.1, 0.15) is 5.84 Å². The van der Waals surface area contributed by atoms with Crippen molar-refractivity contribution in [2.24, 2.45) is 10.9 Å². The Morgan fingerprint density at radius 1 is 1.45 bits per heavy atom. The highest BCUT2D eigenvalue weighted by atomic mass is 32.2. The van der Waals surface area contributed by atoms with Gasteiger partial charge in [0.25, 0.3) is 5.91 Å². The molecular weight excluding hydrogens is 282 g/mol. The molecule has 1 rings (SSSR count). The van der Waals surface area contributed by atoms with Crippen molar-refractivity contribution in [2.75, 3.05) is 12.8 Å². The van der Waals surface area contributed by atoms with Gasteiger partial charge in [-0.05, 0) is 24.6 Å². The molecule has 0 aliphatic rings. The van der Waals surface area contributed by atoms with Crippen molar-refractivity contribution in [1.82, 2.24) is 5.32 Å². The van der Waals surface area contributed by atoms with E-state index in [-0.39, 0.29) is 22.2 Å². The van der Waals surface area contributed by atoms with Crippen molar-refractivity contribution in [3.8, 4) is 0 Å². The normalized spacial score (nSPS) is 12.2. The zero-order valence-corrected chi connectivity index (χ0v) is 11.9. The van der Waals surface area contributed by atoms with Gasteiger partial charge in [-0.1, -0.05) is 11.2 Å². The number of carbonyl (C=O) groups is 1. The number of hydrogen-bond acceptors (Lipinski definition) is 5. The third kappa shape index (κ3) is 4.88.